The molecule has 10 nitrogen and oxygen atoms in total. The van der Waals surface area contributed by atoms with Crippen molar-refractivity contribution in [1.82, 2.24) is 0 Å². The van der Waals surface area contributed by atoms with E-state index in [-0.39, 0.29) is 34.6 Å². The third kappa shape index (κ3) is 26.1. The summed E-state index contributed by atoms with van der Waals surface area (Å²) in [5.41, 5.74) is -0.500. The van der Waals surface area contributed by atoms with Gasteiger partial charge in [0, 0.05) is 24.3 Å². The first-order valence-corrected chi connectivity index (χ1v) is 25.2. The lowest BCUT2D eigenvalue weighted by Gasteiger charge is -2.10. The Hall–Kier alpha value is -5.52. The van der Waals surface area contributed by atoms with Crippen LogP contribution in [0.3, 0.4) is 0 Å². The van der Waals surface area contributed by atoms with Gasteiger partial charge in [-0.2, -0.15) is 0 Å². The molecule has 0 fully saturated rings. The van der Waals surface area contributed by atoms with E-state index in [9.17, 15) is 28.0 Å². The molecule has 0 bridgehead atoms. The van der Waals surface area contributed by atoms with E-state index in [1.54, 1.807) is 0 Å². The molecular weight excluding hydrogens is 871 g/mol. The second kappa shape index (κ2) is 36.5. The highest BCUT2D eigenvalue weighted by atomic mass is 19.1. The standard InChI is InChI=1S/C56H76F2O10/c1-3-53(59)65-41-29-25-21-17-13-9-5-7-11-15-19-23-27-39-63-47-35-37-49(51(57)43-47)55(61)67-45-31-33-46(34-32-45)68-56(62)50-38-36-48(44-52(50)58)64-40-28-24-20-16-12-8-6-10-14-18-22-26-30-42-66-54(60)4-2/h3-4,31-38,43-44H,1-2,5-30,39-42H2. The highest BCUT2D eigenvalue weighted by Gasteiger charge is 2.18. The average molecular weight is 947 g/mol. The SMILES string of the molecule is C=CC(=O)OCCCCCCCCCCCCCCCOc1ccc(C(=O)Oc2ccc(OC(=O)c3ccc(OCCCCCCCCCCCCCCCOC(=O)C=C)cc3F)cc2)c(F)c1. The lowest BCUT2D eigenvalue weighted by atomic mass is 10.0. The van der Waals surface area contributed by atoms with E-state index in [0.29, 0.717) is 37.9 Å². The molecule has 0 aromatic heterocycles. The predicted octanol–water partition coefficient (Wildman–Crippen LogP) is 14.8. The van der Waals surface area contributed by atoms with Crippen molar-refractivity contribution in [1.29, 1.82) is 0 Å². The predicted molar refractivity (Wildman–Crippen MR) is 263 cm³/mol. The van der Waals surface area contributed by atoms with Crippen LogP contribution in [0.5, 0.6) is 23.0 Å². The van der Waals surface area contributed by atoms with Crippen molar-refractivity contribution in [3.63, 3.8) is 0 Å². The minimum Gasteiger partial charge on any atom is -0.493 e. The second-order valence-electron chi connectivity index (χ2n) is 17.2. The highest BCUT2D eigenvalue weighted by Crippen LogP contribution is 2.24. The Morgan fingerprint density at radius 2 is 0.618 bits per heavy atom. The average Bonchev–Trinajstić information content (AvgIpc) is 3.33. The summed E-state index contributed by atoms with van der Waals surface area (Å²) in [6.45, 7) is 8.63. The molecule has 0 unspecified atom stereocenters. The van der Waals surface area contributed by atoms with Gasteiger partial charge >= 0.3 is 23.9 Å². The minimum absolute atomic E-state index is 0.105. The fourth-order valence-corrected chi connectivity index (χ4v) is 7.54. The molecule has 68 heavy (non-hydrogen) atoms. The summed E-state index contributed by atoms with van der Waals surface area (Å²) in [5, 5.41) is 0. The maximum atomic E-state index is 14.9. The first kappa shape index (κ1) is 56.8. The van der Waals surface area contributed by atoms with Gasteiger partial charge in [0.25, 0.3) is 0 Å². The van der Waals surface area contributed by atoms with E-state index >= 15 is 0 Å². The first-order valence-electron chi connectivity index (χ1n) is 25.2. The molecule has 0 saturated carbocycles. The van der Waals surface area contributed by atoms with Gasteiger partial charge in [-0.1, -0.05) is 154 Å². The Bertz CT molecular complexity index is 1780. The van der Waals surface area contributed by atoms with Gasteiger partial charge in [0.1, 0.15) is 34.6 Å². The number of halogens is 2. The molecule has 374 valence electrons. The van der Waals surface area contributed by atoms with E-state index < -0.39 is 23.6 Å². The van der Waals surface area contributed by atoms with Crippen molar-refractivity contribution in [2.24, 2.45) is 0 Å². The van der Waals surface area contributed by atoms with Gasteiger partial charge in [-0.25, -0.2) is 28.0 Å². The van der Waals surface area contributed by atoms with Crippen LogP contribution >= 0.6 is 0 Å². The van der Waals surface area contributed by atoms with Crippen LogP contribution in [0.25, 0.3) is 0 Å². The number of unbranched alkanes of at least 4 members (excludes halogenated alkanes) is 24. The monoisotopic (exact) mass is 947 g/mol. The van der Waals surface area contributed by atoms with Crippen molar-refractivity contribution in [3.8, 4) is 23.0 Å². The van der Waals surface area contributed by atoms with E-state index in [0.717, 1.165) is 64.2 Å². The Morgan fingerprint density at radius 1 is 0.368 bits per heavy atom. The fourth-order valence-electron chi connectivity index (χ4n) is 7.54. The van der Waals surface area contributed by atoms with Crippen LogP contribution in [0, 0.1) is 11.6 Å². The molecule has 0 amide bonds. The molecule has 3 aromatic rings. The summed E-state index contributed by atoms with van der Waals surface area (Å²) >= 11 is 0. The summed E-state index contributed by atoms with van der Waals surface area (Å²) in [7, 11) is 0. The fraction of sp³-hybridized carbons (Fsp3) is 0.536. The summed E-state index contributed by atoms with van der Waals surface area (Å²) in [6, 6.07) is 13.6. The van der Waals surface area contributed by atoms with E-state index in [1.807, 2.05) is 0 Å². The molecule has 0 aliphatic rings. The molecule has 0 radical (unpaired) electrons. The van der Waals surface area contributed by atoms with Gasteiger partial charge in [0.05, 0.1) is 37.6 Å². The number of carbonyl (C=O) groups excluding carboxylic acids is 4. The lowest BCUT2D eigenvalue weighted by molar-refractivity contribution is -0.138. The molecule has 0 spiro atoms. The number of hydrogen-bond acceptors (Lipinski definition) is 10. The van der Waals surface area contributed by atoms with Crippen LogP contribution in [-0.4, -0.2) is 50.3 Å². The van der Waals surface area contributed by atoms with Crippen LogP contribution in [0.1, 0.15) is 188 Å². The van der Waals surface area contributed by atoms with E-state index in [2.05, 4.69) is 13.2 Å². The lowest BCUT2D eigenvalue weighted by Crippen LogP contribution is -2.12. The van der Waals surface area contributed by atoms with Gasteiger partial charge in [-0.15, -0.1) is 0 Å². The molecule has 12 heteroatoms. The Kier molecular flexibility index (Phi) is 30.5. The third-order valence-corrected chi connectivity index (χ3v) is 11.5. The molecule has 0 N–H and O–H groups in total. The van der Waals surface area contributed by atoms with Gasteiger partial charge in [-0.05, 0) is 74.2 Å². The van der Waals surface area contributed by atoms with Crippen molar-refractivity contribution in [2.75, 3.05) is 26.4 Å². The van der Waals surface area contributed by atoms with Crippen LogP contribution < -0.4 is 18.9 Å². The molecule has 0 saturated heterocycles. The summed E-state index contributed by atoms with van der Waals surface area (Å²) in [4.78, 5) is 47.5. The quantitative estimate of drug-likeness (QED) is 0.0236. The number of benzene rings is 3. The van der Waals surface area contributed by atoms with Crippen LogP contribution in [0.4, 0.5) is 8.78 Å². The van der Waals surface area contributed by atoms with Gasteiger partial charge in [0.2, 0.25) is 0 Å². The zero-order valence-corrected chi connectivity index (χ0v) is 40.4. The zero-order valence-electron chi connectivity index (χ0n) is 40.4. The summed E-state index contributed by atoms with van der Waals surface area (Å²) in [6.07, 6.45) is 31.9. The van der Waals surface area contributed by atoms with Crippen molar-refractivity contribution >= 4 is 23.9 Å². The molecular formula is C56H76F2O10. The molecule has 0 heterocycles. The van der Waals surface area contributed by atoms with E-state index in [4.69, 9.17) is 28.4 Å². The largest absolute Gasteiger partial charge is 0.493 e. The van der Waals surface area contributed by atoms with Gasteiger partial charge in [-0.3, -0.25) is 0 Å². The number of hydrogen-bond donors (Lipinski definition) is 0. The van der Waals surface area contributed by atoms with Crippen LogP contribution in [0.15, 0.2) is 86.0 Å². The number of esters is 4. The first-order chi connectivity index (χ1) is 33.2. The van der Waals surface area contributed by atoms with Crippen LogP contribution in [-0.2, 0) is 19.1 Å². The topological polar surface area (TPSA) is 124 Å². The van der Waals surface area contributed by atoms with Crippen molar-refractivity contribution in [2.45, 2.75) is 167 Å². The Labute approximate surface area is 404 Å². The van der Waals surface area contributed by atoms with Crippen LogP contribution in [0.2, 0.25) is 0 Å². The normalized spacial score (nSPS) is 10.9. The van der Waals surface area contributed by atoms with Gasteiger partial charge in [0.15, 0.2) is 0 Å². The molecule has 3 rings (SSSR count). The van der Waals surface area contributed by atoms with Crippen molar-refractivity contribution < 1.29 is 56.4 Å². The smallest absolute Gasteiger partial charge is 0.346 e. The second-order valence-corrected chi connectivity index (χ2v) is 17.2. The molecule has 0 aliphatic carbocycles. The van der Waals surface area contributed by atoms with E-state index in [1.165, 1.54) is 176 Å². The highest BCUT2D eigenvalue weighted by molar-refractivity contribution is 5.92. The van der Waals surface area contributed by atoms with Gasteiger partial charge < -0.3 is 28.4 Å². The number of carbonyl (C=O) groups is 4. The molecule has 0 atom stereocenters. The summed E-state index contributed by atoms with van der Waals surface area (Å²) in [5.74, 6) is -3.14. The zero-order chi connectivity index (χ0) is 48.9. The Balaban J connectivity index is 1.20. The number of rotatable bonds is 40. The third-order valence-electron chi connectivity index (χ3n) is 11.5. The summed E-state index contributed by atoms with van der Waals surface area (Å²) < 4.78 is 61.9. The minimum atomic E-state index is -0.895. The molecule has 3 aromatic carbocycles. The van der Waals surface area contributed by atoms with Crippen molar-refractivity contribution in [3.05, 3.63) is 109 Å². The maximum absolute atomic E-state index is 14.9. The maximum Gasteiger partial charge on any atom is 0.346 e. The number of ether oxygens (including phenoxy) is 6. The molecule has 0 aliphatic heterocycles. The Morgan fingerprint density at radius 3 is 0.882 bits per heavy atom.